The van der Waals surface area contributed by atoms with Gasteiger partial charge in [-0.3, -0.25) is 4.79 Å². The van der Waals surface area contributed by atoms with E-state index in [1.807, 2.05) is 19.9 Å². The number of nitrogens with one attached hydrogen (secondary N) is 1. The average Bonchev–Trinajstić information content (AvgIpc) is 3.42. The van der Waals surface area contributed by atoms with E-state index >= 15 is 0 Å². The van der Waals surface area contributed by atoms with Crippen LogP contribution >= 0.6 is 23.1 Å². The number of hydrogen-bond acceptors (Lipinski definition) is 7. The van der Waals surface area contributed by atoms with Gasteiger partial charge in [-0.2, -0.15) is 0 Å². The van der Waals surface area contributed by atoms with Gasteiger partial charge in [0.05, 0.1) is 18.4 Å². The maximum absolute atomic E-state index is 12.7. The largest absolute Gasteiger partial charge is 0.465 e. The van der Waals surface area contributed by atoms with E-state index in [2.05, 4.69) is 51.3 Å². The zero-order valence-corrected chi connectivity index (χ0v) is 20.9. The number of anilines is 1. The number of carbonyl (C=O) groups excluding carboxylic acids is 2. The monoisotopic (exact) mass is 484 g/mol. The van der Waals surface area contributed by atoms with Gasteiger partial charge in [-0.05, 0) is 43.7 Å². The molecule has 1 amide bonds. The van der Waals surface area contributed by atoms with Gasteiger partial charge in [-0.1, -0.05) is 49.0 Å². The minimum absolute atomic E-state index is 0.184. The molecular formula is C24H28N4O3S2. The van der Waals surface area contributed by atoms with Gasteiger partial charge in [0.1, 0.15) is 10.8 Å². The van der Waals surface area contributed by atoms with Crippen LogP contribution in [0.5, 0.6) is 0 Å². The van der Waals surface area contributed by atoms with Crippen molar-refractivity contribution in [3.63, 3.8) is 0 Å². The topological polar surface area (TPSA) is 86.1 Å². The van der Waals surface area contributed by atoms with Crippen molar-refractivity contribution in [3.8, 4) is 0 Å². The first-order valence-corrected chi connectivity index (χ1v) is 12.9. The Morgan fingerprint density at radius 3 is 2.64 bits per heavy atom. The molecule has 4 rings (SSSR count). The van der Waals surface area contributed by atoms with Crippen LogP contribution in [0.1, 0.15) is 64.3 Å². The van der Waals surface area contributed by atoms with Gasteiger partial charge in [0.15, 0.2) is 5.16 Å². The second-order valence-corrected chi connectivity index (χ2v) is 10.1. The lowest BCUT2D eigenvalue weighted by atomic mass is 10.1. The Kier molecular flexibility index (Phi) is 7.19. The van der Waals surface area contributed by atoms with Crippen LogP contribution in [0.4, 0.5) is 5.00 Å². The number of ether oxygens (including phenoxy) is 1. The SMILES string of the molecule is CCc1c(C)sc(NC(=O)CSc2nnc(C3CC3c3ccccc3)n2CC)c1C(=O)OC. The normalized spacial score (nSPS) is 17.1. The molecule has 1 N–H and O–H groups in total. The van der Waals surface area contributed by atoms with Gasteiger partial charge in [-0.25, -0.2) is 4.79 Å². The van der Waals surface area contributed by atoms with E-state index in [-0.39, 0.29) is 11.7 Å². The van der Waals surface area contributed by atoms with Gasteiger partial charge in [-0.15, -0.1) is 21.5 Å². The lowest BCUT2D eigenvalue weighted by molar-refractivity contribution is -0.113. The molecule has 0 radical (unpaired) electrons. The lowest BCUT2D eigenvalue weighted by Crippen LogP contribution is -2.16. The van der Waals surface area contributed by atoms with Gasteiger partial charge in [0.2, 0.25) is 5.91 Å². The van der Waals surface area contributed by atoms with Crippen molar-refractivity contribution in [3.05, 3.63) is 57.7 Å². The highest BCUT2D eigenvalue weighted by Crippen LogP contribution is 2.54. The maximum atomic E-state index is 12.7. The van der Waals surface area contributed by atoms with Crippen LogP contribution in [-0.4, -0.2) is 39.5 Å². The molecular weight excluding hydrogens is 456 g/mol. The number of thioether (sulfide) groups is 1. The molecule has 1 fully saturated rings. The van der Waals surface area contributed by atoms with Crippen LogP contribution in [0.15, 0.2) is 35.5 Å². The highest BCUT2D eigenvalue weighted by Gasteiger charge is 2.43. The Balaban J connectivity index is 1.42. The molecule has 174 valence electrons. The Hall–Kier alpha value is -2.65. The predicted octanol–water partition coefficient (Wildman–Crippen LogP) is 5.02. The summed E-state index contributed by atoms with van der Waals surface area (Å²) in [5, 5.41) is 13.0. The Bertz CT molecular complexity index is 1160. The third kappa shape index (κ3) is 4.84. The number of esters is 1. The van der Waals surface area contributed by atoms with E-state index in [1.54, 1.807) is 0 Å². The summed E-state index contributed by atoms with van der Waals surface area (Å²) in [4.78, 5) is 26.0. The first kappa shape index (κ1) is 23.5. The molecule has 2 aromatic heterocycles. The Morgan fingerprint density at radius 1 is 1.21 bits per heavy atom. The number of thiophene rings is 1. The molecule has 9 heteroatoms. The molecule has 1 saturated carbocycles. The predicted molar refractivity (Wildman–Crippen MR) is 131 cm³/mol. The fraction of sp³-hybridized carbons (Fsp3) is 0.417. The van der Waals surface area contributed by atoms with Crippen LogP contribution in [-0.2, 0) is 22.5 Å². The summed E-state index contributed by atoms with van der Waals surface area (Å²) < 4.78 is 7.04. The molecule has 1 aliphatic carbocycles. The third-order valence-electron chi connectivity index (χ3n) is 5.95. The minimum atomic E-state index is -0.424. The second kappa shape index (κ2) is 10.1. The Labute approximate surface area is 201 Å². The summed E-state index contributed by atoms with van der Waals surface area (Å²) >= 11 is 2.77. The number of aromatic nitrogens is 3. The third-order valence-corrected chi connectivity index (χ3v) is 7.98. The molecule has 33 heavy (non-hydrogen) atoms. The summed E-state index contributed by atoms with van der Waals surface area (Å²) in [5.41, 5.74) is 2.71. The number of amides is 1. The molecule has 1 aliphatic rings. The van der Waals surface area contributed by atoms with Gasteiger partial charge in [0.25, 0.3) is 0 Å². The summed E-state index contributed by atoms with van der Waals surface area (Å²) in [7, 11) is 1.35. The maximum Gasteiger partial charge on any atom is 0.341 e. The van der Waals surface area contributed by atoms with Crippen molar-refractivity contribution in [2.24, 2.45) is 0 Å². The van der Waals surface area contributed by atoms with Crippen molar-refractivity contribution in [1.29, 1.82) is 0 Å². The van der Waals surface area contributed by atoms with Crippen molar-refractivity contribution in [2.75, 3.05) is 18.2 Å². The molecule has 2 unspecified atom stereocenters. The molecule has 1 aromatic carbocycles. The molecule has 3 aromatic rings. The number of benzene rings is 1. The highest BCUT2D eigenvalue weighted by atomic mass is 32.2. The molecule has 0 aliphatic heterocycles. The van der Waals surface area contributed by atoms with E-state index in [4.69, 9.17) is 4.74 Å². The molecule has 0 saturated heterocycles. The quantitative estimate of drug-likeness (QED) is 0.339. The fourth-order valence-electron chi connectivity index (χ4n) is 4.23. The van der Waals surface area contributed by atoms with Crippen molar-refractivity contribution < 1.29 is 14.3 Å². The van der Waals surface area contributed by atoms with E-state index in [0.717, 1.165) is 34.4 Å². The molecule has 2 atom stereocenters. The van der Waals surface area contributed by atoms with Crippen LogP contribution < -0.4 is 5.32 Å². The summed E-state index contributed by atoms with van der Waals surface area (Å²) in [6, 6.07) is 10.5. The summed E-state index contributed by atoms with van der Waals surface area (Å²) in [6.07, 6.45) is 1.77. The van der Waals surface area contributed by atoms with E-state index < -0.39 is 5.97 Å². The number of nitrogens with zero attached hydrogens (tertiary/aromatic N) is 3. The zero-order valence-electron chi connectivity index (χ0n) is 19.3. The number of methoxy groups -OCH3 is 1. The van der Waals surface area contributed by atoms with Crippen LogP contribution in [0.2, 0.25) is 0 Å². The average molecular weight is 485 g/mol. The smallest absolute Gasteiger partial charge is 0.341 e. The molecule has 2 heterocycles. The lowest BCUT2D eigenvalue weighted by Gasteiger charge is -2.08. The Morgan fingerprint density at radius 2 is 1.97 bits per heavy atom. The highest BCUT2D eigenvalue weighted by molar-refractivity contribution is 7.99. The van der Waals surface area contributed by atoms with Crippen molar-refractivity contribution in [1.82, 2.24) is 14.8 Å². The van der Waals surface area contributed by atoms with Gasteiger partial charge < -0.3 is 14.6 Å². The van der Waals surface area contributed by atoms with Gasteiger partial charge in [0, 0.05) is 17.3 Å². The first-order chi connectivity index (χ1) is 16.0. The minimum Gasteiger partial charge on any atom is -0.465 e. The molecule has 0 bridgehead atoms. The zero-order chi connectivity index (χ0) is 23.5. The van der Waals surface area contributed by atoms with E-state index in [1.165, 1.54) is 35.8 Å². The number of rotatable bonds is 9. The van der Waals surface area contributed by atoms with Crippen molar-refractivity contribution in [2.45, 2.75) is 57.1 Å². The summed E-state index contributed by atoms with van der Waals surface area (Å²) in [5.74, 6) is 1.41. The molecule has 0 spiro atoms. The number of hydrogen-bond donors (Lipinski definition) is 1. The number of carbonyl (C=O) groups is 2. The molecule has 7 nitrogen and oxygen atoms in total. The standard InChI is InChI=1S/C24H28N4O3S2/c1-5-16-14(3)33-22(20(16)23(30)31-4)25-19(29)13-32-24-27-26-21(28(24)6-2)18-12-17(18)15-10-8-7-9-11-15/h7-11,17-18H,5-6,12-13H2,1-4H3,(H,25,29). The van der Waals surface area contributed by atoms with Crippen LogP contribution in [0.3, 0.4) is 0 Å². The van der Waals surface area contributed by atoms with Gasteiger partial charge >= 0.3 is 5.97 Å². The first-order valence-electron chi connectivity index (χ1n) is 11.1. The second-order valence-electron chi connectivity index (χ2n) is 7.97. The van der Waals surface area contributed by atoms with Crippen molar-refractivity contribution >= 4 is 40.0 Å². The van der Waals surface area contributed by atoms with E-state index in [9.17, 15) is 9.59 Å². The fourth-order valence-corrected chi connectivity index (χ4v) is 6.19. The summed E-state index contributed by atoms with van der Waals surface area (Å²) in [6.45, 7) is 6.76. The van der Waals surface area contributed by atoms with Crippen LogP contribution in [0, 0.1) is 6.92 Å². The van der Waals surface area contributed by atoms with Crippen LogP contribution in [0.25, 0.3) is 0 Å². The van der Waals surface area contributed by atoms with E-state index in [0.29, 0.717) is 28.8 Å². The number of aryl methyl sites for hydroxylation is 1.